The van der Waals surface area contributed by atoms with E-state index in [1.807, 2.05) is 6.07 Å². The van der Waals surface area contributed by atoms with Gasteiger partial charge in [-0.1, -0.05) is 18.2 Å². The third-order valence-electron chi connectivity index (χ3n) is 3.09. The zero-order valence-electron chi connectivity index (χ0n) is 10.4. The van der Waals surface area contributed by atoms with Crippen LogP contribution in [0.5, 0.6) is 5.75 Å². The molecule has 1 aliphatic heterocycles. The number of halogens is 2. The highest BCUT2D eigenvalue weighted by Crippen LogP contribution is 2.28. The maximum absolute atomic E-state index is 13.2. The fourth-order valence-electron chi connectivity index (χ4n) is 2.08. The van der Waals surface area contributed by atoms with Crippen LogP contribution in [0.25, 0.3) is 6.08 Å². The van der Waals surface area contributed by atoms with Gasteiger partial charge in [0.2, 0.25) is 0 Å². The Morgan fingerprint density at radius 2 is 2.00 bits per heavy atom. The summed E-state index contributed by atoms with van der Waals surface area (Å²) in [5.41, 5.74) is 1.87. The van der Waals surface area contributed by atoms with Crippen LogP contribution in [0.15, 0.2) is 52.5 Å². The minimum absolute atomic E-state index is 0.0488. The molecule has 2 aromatic carbocycles. The zero-order chi connectivity index (χ0) is 14.1. The summed E-state index contributed by atoms with van der Waals surface area (Å²) in [7, 11) is 0. The Kier molecular flexibility index (Phi) is 3.40. The summed E-state index contributed by atoms with van der Waals surface area (Å²) in [5.74, 6) is 0.228. The quantitative estimate of drug-likeness (QED) is 0.730. The number of hydrogen-bond acceptors (Lipinski definition) is 2. The lowest BCUT2D eigenvalue weighted by molar-refractivity contribution is 0.100. The number of rotatable bonds is 1. The number of Topliss-reactive ketones (excluding diaryl/α,β-unsaturated/α-hetero) is 1. The van der Waals surface area contributed by atoms with Gasteiger partial charge >= 0.3 is 0 Å². The van der Waals surface area contributed by atoms with Gasteiger partial charge in [-0.3, -0.25) is 4.79 Å². The molecule has 0 unspecified atom stereocenters. The first-order chi connectivity index (χ1) is 9.65. The first-order valence-electron chi connectivity index (χ1n) is 6.07. The Morgan fingerprint density at radius 3 is 2.80 bits per heavy atom. The third kappa shape index (κ3) is 2.39. The minimum atomic E-state index is -0.330. The van der Waals surface area contributed by atoms with Crippen molar-refractivity contribution in [2.45, 2.75) is 0 Å². The number of ketones is 1. The highest BCUT2D eigenvalue weighted by Gasteiger charge is 2.22. The number of ether oxygens (including phenoxy) is 1. The molecule has 2 nitrogen and oxygen atoms in total. The first-order valence-corrected chi connectivity index (χ1v) is 6.86. The molecule has 0 bridgehead atoms. The summed E-state index contributed by atoms with van der Waals surface area (Å²) in [6.07, 6.45) is 1.72. The van der Waals surface area contributed by atoms with E-state index in [2.05, 4.69) is 15.9 Å². The Bertz CT molecular complexity index is 722. The van der Waals surface area contributed by atoms with Gasteiger partial charge in [0.25, 0.3) is 0 Å². The van der Waals surface area contributed by atoms with E-state index in [4.69, 9.17) is 4.74 Å². The van der Waals surface area contributed by atoms with Crippen LogP contribution >= 0.6 is 15.9 Å². The smallest absolute Gasteiger partial charge is 0.196 e. The van der Waals surface area contributed by atoms with Crippen LogP contribution in [-0.4, -0.2) is 12.4 Å². The molecule has 1 heterocycles. The topological polar surface area (TPSA) is 26.3 Å². The van der Waals surface area contributed by atoms with E-state index >= 15 is 0 Å². The summed E-state index contributed by atoms with van der Waals surface area (Å²) < 4.78 is 19.1. The molecule has 20 heavy (non-hydrogen) atoms. The number of carbonyl (C=O) groups is 1. The summed E-state index contributed by atoms with van der Waals surface area (Å²) in [6, 6.07) is 11.8. The lowest BCUT2D eigenvalue weighted by Crippen LogP contribution is -2.18. The van der Waals surface area contributed by atoms with Gasteiger partial charge < -0.3 is 4.74 Å². The van der Waals surface area contributed by atoms with Crippen molar-refractivity contribution in [2.24, 2.45) is 0 Å². The number of para-hydroxylation sites is 1. The van der Waals surface area contributed by atoms with E-state index in [1.54, 1.807) is 36.4 Å². The fraction of sp³-hybridized carbons (Fsp3) is 0.0625. The second kappa shape index (κ2) is 5.21. The van der Waals surface area contributed by atoms with Crippen molar-refractivity contribution in [1.29, 1.82) is 0 Å². The van der Waals surface area contributed by atoms with Gasteiger partial charge in [0, 0.05) is 5.57 Å². The second-order valence-corrected chi connectivity index (χ2v) is 5.31. The Balaban J connectivity index is 1.97. The van der Waals surface area contributed by atoms with Gasteiger partial charge in [0.15, 0.2) is 5.78 Å². The second-order valence-electron chi connectivity index (χ2n) is 4.46. The Morgan fingerprint density at radius 1 is 1.20 bits per heavy atom. The zero-order valence-corrected chi connectivity index (χ0v) is 12.0. The van der Waals surface area contributed by atoms with Crippen molar-refractivity contribution < 1.29 is 13.9 Å². The Labute approximate surface area is 124 Å². The van der Waals surface area contributed by atoms with Gasteiger partial charge in [-0.15, -0.1) is 0 Å². The monoisotopic (exact) mass is 332 g/mol. The highest BCUT2D eigenvalue weighted by atomic mass is 79.9. The molecule has 2 aromatic rings. The summed E-state index contributed by atoms with van der Waals surface area (Å²) in [4.78, 5) is 12.3. The van der Waals surface area contributed by atoms with Crippen molar-refractivity contribution in [2.75, 3.05) is 6.61 Å². The molecule has 3 rings (SSSR count). The van der Waals surface area contributed by atoms with Crippen LogP contribution in [0.4, 0.5) is 4.39 Å². The standard InChI is InChI=1S/C16H10BrFO2/c17-13-8-10(5-6-14(13)18)7-11-9-20-15-4-2-1-3-12(15)16(11)19/h1-8H,9H2/b11-7-. The first kappa shape index (κ1) is 13.1. The minimum Gasteiger partial charge on any atom is -0.488 e. The predicted octanol–water partition coefficient (Wildman–Crippen LogP) is 4.25. The van der Waals surface area contributed by atoms with Crippen molar-refractivity contribution in [3.63, 3.8) is 0 Å². The SMILES string of the molecule is O=C1/C(=C\c2ccc(F)c(Br)c2)COc2ccccc21. The summed E-state index contributed by atoms with van der Waals surface area (Å²) in [6.45, 7) is 0.227. The van der Waals surface area contributed by atoms with Crippen molar-refractivity contribution in [3.8, 4) is 5.75 Å². The molecule has 0 spiro atoms. The lowest BCUT2D eigenvalue weighted by Gasteiger charge is -2.18. The van der Waals surface area contributed by atoms with E-state index in [9.17, 15) is 9.18 Å². The van der Waals surface area contributed by atoms with E-state index in [1.165, 1.54) is 6.07 Å². The Hall–Kier alpha value is -1.94. The maximum Gasteiger partial charge on any atom is 0.196 e. The third-order valence-corrected chi connectivity index (χ3v) is 3.70. The van der Waals surface area contributed by atoms with E-state index in [0.717, 1.165) is 5.56 Å². The van der Waals surface area contributed by atoms with Crippen LogP contribution in [0.2, 0.25) is 0 Å². The molecule has 100 valence electrons. The van der Waals surface area contributed by atoms with Gasteiger partial charge in [-0.25, -0.2) is 4.39 Å². The molecule has 0 N–H and O–H groups in total. The number of fused-ring (bicyclic) bond motifs is 1. The van der Waals surface area contributed by atoms with Crippen LogP contribution in [-0.2, 0) is 0 Å². The van der Waals surface area contributed by atoms with Crippen molar-refractivity contribution >= 4 is 27.8 Å². The molecular formula is C16H10BrFO2. The van der Waals surface area contributed by atoms with Gasteiger partial charge in [0.05, 0.1) is 10.0 Å². The van der Waals surface area contributed by atoms with E-state index in [0.29, 0.717) is 21.4 Å². The van der Waals surface area contributed by atoms with Gasteiger partial charge in [-0.2, -0.15) is 0 Å². The maximum atomic E-state index is 13.2. The van der Waals surface area contributed by atoms with Crippen LogP contribution in [0.3, 0.4) is 0 Å². The normalized spacial score (nSPS) is 15.9. The van der Waals surface area contributed by atoms with Crippen LogP contribution < -0.4 is 4.74 Å². The molecule has 0 saturated heterocycles. The molecule has 0 aliphatic carbocycles. The van der Waals surface area contributed by atoms with Gasteiger partial charge in [-0.05, 0) is 51.8 Å². The largest absolute Gasteiger partial charge is 0.488 e. The highest BCUT2D eigenvalue weighted by molar-refractivity contribution is 9.10. The van der Waals surface area contributed by atoms with E-state index < -0.39 is 0 Å². The summed E-state index contributed by atoms with van der Waals surface area (Å²) >= 11 is 3.13. The molecular weight excluding hydrogens is 323 g/mol. The molecule has 4 heteroatoms. The van der Waals surface area contributed by atoms with Crippen molar-refractivity contribution in [1.82, 2.24) is 0 Å². The summed E-state index contributed by atoms with van der Waals surface area (Å²) in [5, 5.41) is 0. The number of carbonyl (C=O) groups excluding carboxylic acids is 1. The average molecular weight is 333 g/mol. The molecule has 0 fully saturated rings. The van der Waals surface area contributed by atoms with Crippen LogP contribution in [0, 0.1) is 5.82 Å². The van der Waals surface area contributed by atoms with Gasteiger partial charge in [0.1, 0.15) is 18.2 Å². The predicted molar refractivity (Wildman–Crippen MR) is 78.3 cm³/mol. The number of benzene rings is 2. The average Bonchev–Trinajstić information content (AvgIpc) is 2.46. The molecule has 0 aromatic heterocycles. The molecule has 0 atom stereocenters. The number of hydrogen-bond donors (Lipinski definition) is 0. The molecule has 1 aliphatic rings. The molecule has 0 saturated carbocycles. The lowest BCUT2D eigenvalue weighted by atomic mass is 9.98. The fourth-order valence-corrected chi connectivity index (χ4v) is 2.48. The van der Waals surface area contributed by atoms with E-state index in [-0.39, 0.29) is 18.2 Å². The molecule has 0 radical (unpaired) electrons. The molecule has 0 amide bonds. The van der Waals surface area contributed by atoms with Crippen molar-refractivity contribution in [3.05, 3.63) is 69.5 Å². The van der Waals surface area contributed by atoms with Crippen LogP contribution in [0.1, 0.15) is 15.9 Å².